The fraction of sp³-hybridized carbons (Fsp3) is 0.167. The van der Waals surface area contributed by atoms with Gasteiger partial charge in [-0.25, -0.2) is 8.78 Å². The second-order valence-corrected chi connectivity index (χ2v) is 6.08. The van der Waals surface area contributed by atoms with Gasteiger partial charge in [0.15, 0.2) is 5.82 Å². The zero-order valence-corrected chi connectivity index (χ0v) is 14.6. The molecule has 122 valence electrons. The molecule has 0 aliphatic heterocycles. The highest BCUT2D eigenvalue weighted by Gasteiger charge is 2.25. The van der Waals surface area contributed by atoms with Crippen LogP contribution in [0.1, 0.15) is 5.69 Å². The molecule has 7 nitrogen and oxygen atoms in total. The van der Waals surface area contributed by atoms with Gasteiger partial charge in [-0.15, -0.1) is 0 Å². The fourth-order valence-corrected chi connectivity index (χ4v) is 2.69. The zero-order valence-electron chi connectivity index (χ0n) is 11.4. The lowest BCUT2D eigenvalue weighted by molar-refractivity contribution is -0.390. The van der Waals surface area contributed by atoms with Crippen LogP contribution in [-0.4, -0.2) is 20.6 Å². The van der Waals surface area contributed by atoms with Gasteiger partial charge < -0.3 is 15.4 Å². The highest BCUT2D eigenvalue weighted by molar-refractivity contribution is 9.11. The number of hydrogen-bond acceptors (Lipinski definition) is 4. The van der Waals surface area contributed by atoms with Crippen molar-refractivity contribution in [2.75, 3.05) is 5.32 Å². The van der Waals surface area contributed by atoms with Crippen LogP contribution in [0.5, 0.6) is 0 Å². The van der Waals surface area contributed by atoms with Crippen LogP contribution in [0.25, 0.3) is 0 Å². The molecule has 1 aromatic carbocycles. The van der Waals surface area contributed by atoms with E-state index >= 15 is 0 Å². The number of nitro groups is 1. The summed E-state index contributed by atoms with van der Waals surface area (Å²) in [4.78, 5) is 22.1. The van der Waals surface area contributed by atoms with E-state index in [4.69, 9.17) is 0 Å². The van der Waals surface area contributed by atoms with Gasteiger partial charge in [-0.2, -0.15) is 4.68 Å². The van der Waals surface area contributed by atoms with Gasteiger partial charge >= 0.3 is 5.82 Å². The molecule has 0 aliphatic carbocycles. The third-order valence-corrected chi connectivity index (χ3v) is 4.41. The maximum atomic E-state index is 13.7. The zero-order chi connectivity index (χ0) is 17.3. The SMILES string of the molecule is Cc1c(Br)c([N+](=O)[O-])nn1CC(=O)Nc1c(F)cc(F)cc1Br. The molecule has 0 saturated heterocycles. The predicted octanol–water partition coefficient (Wildman–Crippen LogP) is 3.54. The summed E-state index contributed by atoms with van der Waals surface area (Å²) in [5.41, 5.74) is 0.139. The standard InChI is InChI=1S/C12H8Br2F2N4O3/c1-5-10(14)12(20(22)23)18-19(5)4-9(21)17-11-7(13)2-6(15)3-8(11)16/h2-3H,4H2,1H3,(H,17,21). The average Bonchev–Trinajstić information content (AvgIpc) is 2.71. The van der Waals surface area contributed by atoms with Gasteiger partial charge in [0.25, 0.3) is 0 Å². The predicted molar refractivity (Wildman–Crippen MR) is 84.0 cm³/mol. The molecule has 0 atom stereocenters. The van der Waals surface area contributed by atoms with Gasteiger partial charge in [-0.3, -0.25) is 4.79 Å². The summed E-state index contributed by atoms with van der Waals surface area (Å²) in [6.45, 7) is 1.16. The van der Waals surface area contributed by atoms with E-state index < -0.39 is 28.3 Å². The molecule has 0 fully saturated rings. The maximum absolute atomic E-state index is 13.7. The Labute approximate surface area is 145 Å². The van der Waals surface area contributed by atoms with Crippen molar-refractivity contribution in [3.8, 4) is 0 Å². The Morgan fingerprint density at radius 2 is 2.09 bits per heavy atom. The van der Waals surface area contributed by atoms with Crippen LogP contribution in [0.15, 0.2) is 21.1 Å². The number of hydrogen-bond donors (Lipinski definition) is 1. The van der Waals surface area contributed by atoms with Gasteiger partial charge in [0.2, 0.25) is 5.91 Å². The first kappa shape index (κ1) is 17.5. The van der Waals surface area contributed by atoms with E-state index in [1.54, 1.807) is 0 Å². The first-order valence-electron chi connectivity index (χ1n) is 6.02. The molecular formula is C12H8Br2F2N4O3. The quantitative estimate of drug-likeness (QED) is 0.566. The minimum Gasteiger partial charge on any atom is -0.358 e. The number of benzene rings is 1. The van der Waals surface area contributed by atoms with Crippen molar-refractivity contribution in [3.05, 3.63) is 48.5 Å². The minimum atomic E-state index is -0.949. The van der Waals surface area contributed by atoms with Crippen LogP contribution >= 0.6 is 31.9 Å². The van der Waals surface area contributed by atoms with E-state index in [9.17, 15) is 23.7 Å². The maximum Gasteiger partial charge on any atom is 0.404 e. The average molecular weight is 454 g/mol. The fourth-order valence-electron chi connectivity index (χ4n) is 1.76. The molecule has 1 amide bonds. The molecule has 1 heterocycles. The Hall–Kier alpha value is -1.88. The lowest BCUT2D eigenvalue weighted by Crippen LogP contribution is -2.21. The Balaban J connectivity index is 2.21. The van der Waals surface area contributed by atoms with E-state index in [1.807, 2.05) is 0 Å². The highest BCUT2D eigenvalue weighted by atomic mass is 79.9. The van der Waals surface area contributed by atoms with Crippen molar-refractivity contribution >= 4 is 49.3 Å². The third kappa shape index (κ3) is 3.72. The first-order valence-corrected chi connectivity index (χ1v) is 7.61. The molecule has 0 spiro atoms. The Bertz CT molecular complexity index is 787. The molecule has 2 rings (SSSR count). The number of nitrogens with zero attached hydrogens (tertiary/aromatic N) is 3. The van der Waals surface area contributed by atoms with E-state index in [0.717, 1.165) is 10.7 Å². The summed E-state index contributed by atoms with van der Waals surface area (Å²) in [7, 11) is 0. The molecule has 0 radical (unpaired) electrons. The number of amides is 1. The van der Waals surface area contributed by atoms with Crippen LogP contribution in [0.2, 0.25) is 0 Å². The van der Waals surface area contributed by atoms with Gasteiger partial charge in [-0.05, 0) is 49.8 Å². The van der Waals surface area contributed by atoms with Crippen molar-refractivity contribution in [2.24, 2.45) is 0 Å². The summed E-state index contributed by atoms with van der Waals surface area (Å²) in [6, 6.07) is 1.63. The molecule has 0 aliphatic rings. The molecule has 11 heteroatoms. The summed E-state index contributed by atoms with van der Waals surface area (Å²) in [5, 5.41) is 16.8. The van der Waals surface area contributed by atoms with Crippen LogP contribution in [0, 0.1) is 28.7 Å². The summed E-state index contributed by atoms with van der Waals surface area (Å²) in [5.74, 6) is -2.85. The second-order valence-electron chi connectivity index (χ2n) is 4.43. The topological polar surface area (TPSA) is 90.1 Å². The number of rotatable bonds is 4. The number of nitrogens with one attached hydrogen (secondary N) is 1. The highest BCUT2D eigenvalue weighted by Crippen LogP contribution is 2.28. The van der Waals surface area contributed by atoms with Gasteiger partial charge in [0, 0.05) is 10.5 Å². The van der Waals surface area contributed by atoms with Crippen LogP contribution in [0.4, 0.5) is 20.3 Å². The molecule has 0 unspecified atom stereocenters. The normalized spacial score (nSPS) is 10.7. The Morgan fingerprint density at radius 1 is 1.43 bits per heavy atom. The molecule has 0 bridgehead atoms. The van der Waals surface area contributed by atoms with Gasteiger partial charge in [0.05, 0.1) is 16.5 Å². The van der Waals surface area contributed by atoms with E-state index in [0.29, 0.717) is 11.8 Å². The van der Waals surface area contributed by atoms with E-state index in [1.165, 1.54) is 6.92 Å². The number of anilines is 1. The molecular weight excluding hydrogens is 446 g/mol. The van der Waals surface area contributed by atoms with Crippen LogP contribution in [0.3, 0.4) is 0 Å². The monoisotopic (exact) mass is 452 g/mol. The number of halogens is 4. The molecule has 0 saturated carbocycles. The first-order chi connectivity index (χ1) is 10.7. The smallest absolute Gasteiger partial charge is 0.358 e. The number of carbonyl (C=O) groups excluding carboxylic acids is 1. The Kier molecular flexibility index (Phi) is 5.09. The van der Waals surface area contributed by atoms with Crippen molar-refractivity contribution in [1.82, 2.24) is 9.78 Å². The van der Waals surface area contributed by atoms with Crippen molar-refractivity contribution < 1.29 is 18.5 Å². The summed E-state index contributed by atoms with van der Waals surface area (Å²) in [6.07, 6.45) is 0. The van der Waals surface area contributed by atoms with Crippen LogP contribution in [-0.2, 0) is 11.3 Å². The number of carbonyl (C=O) groups is 1. The van der Waals surface area contributed by atoms with Gasteiger partial charge in [-0.1, -0.05) is 0 Å². The Morgan fingerprint density at radius 3 is 2.61 bits per heavy atom. The molecule has 2 aromatic rings. The van der Waals surface area contributed by atoms with Crippen molar-refractivity contribution in [3.63, 3.8) is 0 Å². The summed E-state index contributed by atoms with van der Waals surface area (Å²) < 4.78 is 28.0. The minimum absolute atomic E-state index is 0.0349. The largest absolute Gasteiger partial charge is 0.404 e. The lowest BCUT2D eigenvalue weighted by Gasteiger charge is -2.08. The molecule has 23 heavy (non-hydrogen) atoms. The molecule has 1 aromatic heterocycles. The summed E-state index contributed by atoms with van der Waals surface area (Å²) >= 11 is 5.97. The second kappa shape index (κ2) is 6.71. The lowest BCUT2D eigenvalue weighted by atomic mass is 10.3. The van der Waals surface area contributed by atoms with Crippen LogP contribution < -0.4 is 5.32 Å². The van der Waals surface area contributed by atoms with E-state index in [2.05, 4.69) is 42.3 Å². The van der Waals surface area contributed by atoms with E-state index in [-0.39, 0.29) is 21.2 Å². The molecule has 1 N–H and O–H groups in total. The van der Waals surface area contributed by atoms with Gasteiger partial charge in [0.1, 0.15) is 16.8 Å². The van der Waals surface area contributed by atoms with Crippen molar-refractivity contribution in [2.45, 2.75) is 13.5 Å². The number of aromatic nitrogens is 2. The van der Waals surface area contributed by atoms with Crippen molar-refractivity contribution in [1.29, 1.82) is 0 Å². The third-order valence-electron chi connectivity index (χ3n) is 2.85.